The molecule has 0 fully saturated rings. The average molecular weight is 305 g/mol. The minimum Gasteiger partial charge on any atom is -0.478 e. The van der Waals surface area contributed by atoms with Gasteiger partial charge in [0.1, 0.15) is 0 Å². The lowest BCUT2D eigenvalue weighted by atomic mass is 10.1. The summed E-state index contributed by atoms with van der Waals surface area (Å²) in [6.07, 6.45) is 0. The van der Waals surface area contributed by atoms with E-state index >= 15 is 0 Å². The van der Waals surface area contributed by atoms with Crippen LogP contribution in [0.5, 0.6) is 0 Å². The van der Waals surface area contributed by atoms with Crippen LogP contribution < -0.4 is 0 Å². The second-order valence-electron chi connectivity index (χ2n) is 4.25. The maximum absolute atomic E-state index is 11.5. The van der Waals surface area contributed by atoms with Gasteiger partial charge in [-0.2, -0.15) is 0 Å². The summed E-state index contributed by atoms with van der Waals surface area (Å²) in [4.78, 5) is 20.3. The molecule has 0 unspecified atom stereocenters. The number of carboxylic acid groups (broad SMARTS) is 1. The fraction of sp³-hybridized carbons (Fsp3) is 0.0714. The fourth-order valence-electron chi connectivity index (χ4n) is 2.02. The number of nitrogens with zero attached hydrogens (tertiary/aromatic N) is 2. The van der Waals surface area contributed by atoms with Crippen molar-refractivity contribution in [2.45, 2.75) is 6.92 Å². The van der Waals surface area contributed by atoms with Crippen molar-refractivity contribution in [3.8, 4) is 11.4 Å². The van der Waals surface area contributed by atoms with Crippen LogP contribution in [0.4, 0.5) is 0 Å². The van der Waals surface area contributed by atoms with Gasteiger partial charge < -0.3 is 5.11 Å². The third-order valence-electron chi connectivity index (χ3n) is 2.89. The lowest BCUT2D eigenvalue weighted by Gasteiger charge is -2.06. The molecule has 0 bridgehead atoms. The Bertz CT molecular complexity index is 829. The largest absolute Gasteiger partial charge is 0.478 e. The van der Waals surface area contributed by atoms with Crippen LogP contribution in [0.2, 0.25) is 5.02 Å². The number of benzene rings is 1. The SMILES string of the molecule is Cc1nc(-c2cc(C(=O)O)c3c(Cl)cccc3n2)cs1. The highest BCUT2D eigenvalue weighted by Gasteiger charge is 2.16. The van der Waals surface area contributed by atoms with Gasteiger partial charge in [0.05, 0.1) is 32.5 Å². The number of aromatic nitrogens is 2. The Kier molecular flexibility index (Phi) is 3.16. The molecule has 0 saturated carbocycles. The molecule has 0 radical (unpaired) electrons. The number of carbonyl (C=O) groups is 1. The molecule has 100 valence electrons. The van der Waals surface area contributed by atoms with E-state index in [0.717, 1.165) is 5.01 Å². The molecule has 0 spiro atoms. The van der Waals surface area contributed by atoms with Crippen molar-refractivity contribution in [2.75, 3.05) is 0 Å². The molecular weight excluding hydrogens is 296 g/mol. The first kappa shape index (κ1) is 13.0. The third kappa shape index (κ3) is 2.15. The van der Waals surface area contributed by atoms with Crippen LogP contribution in [0.3, 0.4) is 0 Å². The van der Waals surface area contributed by atoms with Crippen LogP contribution in [-0.2, 0) is 0 Å². The van der Waals surface area contributed by atoms with E-state index in [1.165, 1.54) is 17.4 Å². The van der Waals surface area contributed by atoms with Gasteiger partial charge in [-0.05, 0) is 25.1 Å². The molecule has 0 aliphatic carbocycles. The van der Waals surface area contributed by atoms with Crippen LogP contribution in [0.15, 0.2) is 29.6 Å². The van der Waals surface area contributed by atoms with Gasteiger partial charge in [0.25, 0.3) is 0 Å². The molecule has 20 heavy (non-hydrogen) atoms. The monoisotopic (exact) mass is 304 g/mol. The van der Waals surface area contributed by atoms with E-state index in [2.05, 4.69) is 9.97 Å². The van der Waals surface area contributed by atoms with E-state index in [4.69, 9.17) is 11.6 Å². The van der Waals surface area contributed by atoms with Crippen molar-refractivity contribution in [1.82, 2.24) is 9.97 Å². The first-order valence-corrected chi connectivity index (χ1v) is 7.07. The van der Waals surface area contributed by atoms with Gasteiger partial charge in [0.2, 0.25) is 0 Å². The molecule has 1 aromatic carbocycles. The summed E-state index contributed by atoms with van der Waals surface area (Å²) in [7, 11) is 0. The fourth-order valence-corrected chi connectivity index (χ4v) is 2.90. The Balaban J connectivity index is 2.34. The summed E-state index contributed by atoms with van der Waals surface area (Å²) in [5.41, 5.74) is 1.91. The maximum Gasteiger partial charge on any atom is 0.336 e. The predicted molar refractivity (Wildman–Crippen MR) is 79.6 cm³/mol. The van der Waals surface area contributed by atoms with Gasteiger partial charge in [-0.1, -0.05) is 17.7 Å². The van der Waals surface area contributed by atoms with Crippen molar-refractivity contribution in [1.29, 1.82) is 0 Å². The van der Waals surface area contributed by atoms with Crippen LogP contribution in [0, 0.1) is 6.92 Å². The molecule has 0 aliphatic heterocycles. The number of aryl methyl sites for hydroxylation is 1. The molecular formula is C14H9ClN2O2S. The van der Waals surface area contributed by atoms with Crippen molar-refractivity contribution in [3.63, 3.8) is 0 Å². The van der Waals surface area contributed by atoms with E-state index in [1.807, 2.05) is 12.3 Å². The van der Waals surface area contributed by atoms with Crippen molar-refractivity contribution < 1.29 is 9.90 Å². The number of fused-ring (bicyclic) bond motifs is 1. The number of aromatic carboxylic acids is 1. The van der Waals surface area contributed by atoms with Crippen LogP contribution >= 0.6 is 22.9 Å². The van der Waals surface area contributed by atoms with Crippen LogP contribution in [0.25, 0.3) is 22.3 Å². The highest BCUT2D eigenvalue weighted by Crippen LogP contribution is 2.30. The van der Waals surface area contributed by atoms with Gasteiger partial charge in [0, 0.05) is 10.8 Å². The lowest BCUT2D eigenvalue weighted by molar-refractivity contribution is 0.0699. The molecule has 2 aromatic heterocycles. The number of pyridine rings is 1. The van der Waals surface area contributed by atoms with Crippen LogP contribution in [-0.4, -0.2) is 21.0 Å². The zero-order valence-electron chi connectivity index (χ0n) is 10.4. The first-order valence-electron chi connectivity index (χ1n) is 5.81. The molecule has 3 rings (SSSR count). The van der Waals surface area contributed by atoms with Crippen molar-refractivity contribution >= 4 is 39.8 Å². The van der Waals surface area contributed by atoms with Crippen molar-refractivity contribution in [3.05, 3.63) is 45.2 Å². The van der Waals surface area contributed by atoms with Gasteiger partial charge in [0.15, 0.2) is 0 Å². The summed E-state index contributed by atoms with van der Waals surface area (Å²) >= 11 is 7.59. The number of carboxylic acids is 1. The normalized spacial score (nSPS) is 10.9. The average Bonchev–Trinajstić information content (AvgIpc) is 2.84. The molecule has 0 amide bonds. The standard InChI is InChI=1S/C14H9ClN2O2S/c1-7-16-12(6-20-7)11-5-8(14(18)19)13-9(15)3-2-4-10(13)17-11/h2-6H,1H3,(H,18,19). The van der Waals surface area contributed by atoms with E-state index < -0.39 is 5.97 Å². The summed E-state index contributed by atoms with van der Waals surface area (Å²) in [6.45, 7) is 1.89. The van der Waals surface area contributed by atoms with Gasteiger partial charge in [-0.15, -0.1) is 11.3 Å². The molecule has 0 atom stereocenters. The van der Waals surface area contributed by atoms with Crippen molar-refractivity contribution in [2.24, 2.45) is 0 Å². The Morgan fingerprint density at radius 2 is 2.10 bits per heavy atom. The van der Waals surface area contributed by atoms with E-state index in [0.29, 0.717) is 27.3 Å². The zero-order valence-corrected chi connectivity index (χ0v) is 12.0. The number of thiazole rings is 1. The maximum atomic E-state index is 11.5. The number of hydrogen-bond donors (Lipinski definition) is 1. The van der Waals surface area contributed by atoms with Crippen LogP contribution in [0.1, 0.15) is 15.4 Å². The molecule has 0 aliphatic rings. The van der Waals surface area contributed by atoms with E-state index in [1.54, 1.807) is 18.2 Å². The summed E-state index contributed by atoms with van der Waals surface area (Å²) in [5.74, 6) is -1.03. The van der Waals surface area contributed by atoms with E-state index in [9.17, 15) is 9.90 Å². The minimum atomic E-state index is -1.03. The summed E-state index contributed by atoms with van der Waals surface area (Å²) in [5, 5.41) is 13.0. The number of rotatable bonds is 2. The van der Waals surface area contributed by atoms with E-state index in [-0.39, 0.29) is 5.56 Å². The Morgan fingerprint density at radius 1 is 1.30 bits per heavy atom. The topological polar surface area (TPSA) is 63.1 Å². The molecule has 3 aromatic rings. The minimum absolute atomic E-state index is 0.140. The number of hydrogen-bond acceptors (Lipinski definition) is 4. The Morgan fingerprint density at radius 3 is 2.75 bits per heavy atom. The van der Waals surface area contributed by atoms with Gasteiger partial charge in [-0.25, -0.2) is 14.8 Å². The molecule has 2 heterocycles. The molecule has 6 heteroatoms. The third-order valence-corrected chi connectivity index (χ3v) is 3.98. The molecule has 4 nitrogen and oxygen atoms in total. The Hall–Kier alpha value is -1.98. The highest BCUT2D eigenvalue weighted by molar-refractivity contribution is 7.09. The number of halogens is 1. The van der Waals surface area contributed by atoms with Gasteiger partial charge in [-0.3, -0.25) is 0 Å². The predicted octanol–water partition coefficient (Wildman–Crippen LogP) is 4.02. The zero-order chi connectivity index (χ0) is 14.3. The molecule has 0 saturated heterocycles. The highest BCUT2D eigenvalue weighted by atomic mass is 35.5. The second-order valence-corrected chi connectivity index (χ2v) is 5.72. The summed E-state index contributed by atoms with van der Waals surface area (Å²) < 4.78 is 0. The Labute approximate surface area is 123 Å². The second kappa shape index (κ2) is 4.85. The smallest absolute Gasteiger partial charge is 0.336 e. The molecule has 1 N–H and O–H groups in total. The van der Waals surface area contributed by atoms with Gasteiger partial charge >= 0.3 is 5.97 Å². The first-order chi connectivity index (χ1) is 9.56. The summed E-state index contributed by atoms with van der Waals surface area (Å²) in [6, 6.07) is 6.67. The lowest BCUT2D eigenvalue weighted by Crippen LogP contribution is -2.01. The quantitative estimate of drug-likeness (QED) is 0.776.